The van der Waals surface area contributed by atoms with Crippen LogP contribution in [0, 0.1) is 23.0 Å². The second-order valence-electron chi connectivity index (χ2n) is 3.15. The first-order valence-electron chi connectivity index (χ1n) is 5.53. The maximum Gasteiger partial charge on any atom is 0.348 e. The Hall–Kier alpha value is -2.48. The van der Waals surface area contributed by atoms with Gasteiger partial charge >= 0.3 is 11.9 Å². The molecule has 0 amide bonds. The van der Waals surface area contributed by atoms with Gasteiger partial charge in [0.05, 0.1) is 6.61 Å². The van der Waals surface area contributed by atoms with Crippen LogP contribution < -0.4 is 0 Å². The minimum absolute atomic E-state index is 0.0235. The quantitative estimate of drug-likeness (QED) is 0.332. The zero-order chi connectivity index (χ0) is 14.5. The second-order valence-corrected chi connectivity index (χ2v) is 3.15. The molecular weight excluding hydrogens is 256 g/mol. The fourth-order valence-corrected chi connectivity index (χ4v) is 1.09. The topological polar surface area (TPSA) is 119 Å². The smallest absolute Gasteiger partial charge is 0.348 e. The molecule has 104 valence electrons. The highest BCUT2D eigenvalue weighted by Gasteiger charge is 2.23. The van der Waals surface area contributed by atoms with Gasteiger partial charge in [-0.1, -0.05) is 0 Å². The third-order valence-corrected chi connectivity index (χ3v) is 1.87. The van der Waals surface area contributed by atoms with Crippen LogP contribution >= 0.6 is 0 Å². The van der Waals surface area contributed by atoms with E-state index in [1.165, 1.54) is 12.5 Å². The van der Waals surface area contributed by atoms with E-state index in [-0.39, 0.29) is 32.7 Å². The summed E-state index contributed by atoms with van der Waals surface area (Å²) < 4.78 is 18.2. The van der Waals surface area contributed by atoms with Crippen molar-refractivity contribution < 1.29 is 28.5 Å². The molecule has 0 aromatic carbocycles. The zero-order valence-electron chi connectivity index (χ0n) is 10.5. The van der Waals surface area contributed by atoms with E-state index in [0.717, 1.165) is 0 Å². The van der Waals surface area contributed by atoms with Crippen molar-refractivity contribution in [2.45, 2.75) is 25.9 Å². The lowest BCUT2D eigenvalue weighted by Gasteiger charge is -2.12. The van der Waals surface area contributed by atoms with Crippen molar-refractivity contribution >= 4 is 11.9 Å². The van der Waals surface area contributed by atoms with E-state index < -0.39 is 18.0 Å². The lowest BCUT2D eigenvalue weighted by molar-refractivity contribution is -0.155. The van der Waals surface area contributed by atoms with Crippen molar-refractivity contribution in [2.75, 3.05) is 19.8 Å². The molecule has 0 fully saturated rings. The number of hydrogen-bond acceptors (Lipinski definition) is 8. The van der Waals surface area contributed by atoms with Crippen LogP contribution in [-0.4, -0.2) is 37.9 Å². The largest absolute Gasteiger partial charge is 0.466 e. The van der Waals surface area contributed by atoms with Gasteiger partial charge in [-0.05, 0) is 6.92 Å². The molecule has 19 heavy (non-hydrogen) atoms. The number of nitrogens with zero attached hydrogens (tertiary/aromatic N) is 2. The maximum absolute atomic E-state index is 11.5. The molecule has 0 radical (unpaired) electrons. The van der Waals surface area contributed by atoms with Gasteiger partial charge in [0.15, 0.2) is 0 Å². The van der Waals surface area contributed by atoms with Crippen molar-refractivity contribution in [2.24, 2.45) is 0 Å². The molecule has 0 saturated heterocycles. The van der Waals surface area contributed by atoms with Gasteiger partial charge in [-0.25, -0.2) is 4.79 Å². The Balaban J connectivity index is 4.09. The third kappa shape index (κ3) is 8.27. The van der Waals surface area contributed by atoms with Crippen LogP contribution in [-0.2, 0) is 28.5 Å². The van der Waals surface area contributed by atoms with Crippen molar-refractivity contribution in [1.82, 2.24) is 0 Å². The minimum Gasteiger partial charge on any atom is -0.466 e. The summed E-state index contributed by atoms with van der Waals surface area (Å²) in [7, 11) is 0. The number of hydrogen-bond donors (Lipinski definition) is 0. The predicted molar refractivity (Wildman–Crippen MR) is 58.9 cm³/mol. The van der Waals surface area contributed by atoms with Gasteiger partial charge in [-0.2, -0.15) is 10.5 Å². The van der Waals surface area contributed by atoms with Crippen LogP contribution in [0.4, 0.5) is 0 Å². The summed E-state index contributed by atoms with van der Waals surface area (Å²) in [6, 6.07) is 0. The van der Waals surface area contributed by atoms with Gasteiger partial charge in [0.2, 0.25) is 6.10 Å². The Morgan fingerprint density at radius 1 is 1.16 bits per heavy atom. The fraction of sp³-hybridized carbons (Fsp3) is 0.636. The van der Waals surface area contributed by atoms with E-state index in [1.807, 2.05) is 0 Å². The molecule has 0 aliphatic carbocycles. The molecule has 0 aromatic rings. The molecule has 0 spiro atoms. The minimum atomic E-state index is -1.17. The molecule has 0 N–H and O–H groups in total. The Kier molecular flexibility index (Phi) is 9.27. The molecule has 8 heteroatoms. The van der Waals surface area contributed by atoms with Crippen molar-refractivity contribution in [3.8, 4) is 12.5 Å². The van der Waals surface area contributed by atoms with Gasteiger partial charge < -0.3 is 18.9 Å². The van der Waals surface area contributed by atoms with Crippen LogP contribution in [0.1, 0.15) is 19.8 Å². The number of rotatable bonds is 9. The van der Waals surface area contributed by atoms with Crippen LogP contribution in [0.2, 0.25) is 0 Å². The van der Waals surface area contributed by atoms with Crippen molar-refractivity contribution in [1.29, 1.82) is 10.5 Å². The van der Waals surface area contributed by atoms with Crippen LogP contribution in [0.5, 0.6) is 0 Å². The molecule has 0 heterocycles. The second kappa shape index (κ2) is 10.7. The Labute approximate surface area is 110 Å². The summed E-state index contributed by atoms with van der Waals surface area (Å²) in [5.74, 6) is -1.29. The van der Waals surface area contributed by atoms with E-state index in [4.69, 9.17) is 15.3 Å². The number of carbonyl (C=O) groups excluding carboxylic acids is 2. The average Bonchev–Trinajstić information content (AvgIpc) is 2.39. The molecule has 0 aliphatic heterocycles. The van der Waals surface area contributed by atoms with E-state index >= 15 is 0 Å². The molecule has 1 unspecified atom stereocenters. The molecule has 0 aromatic heterocycles. The van der Waals surface area contributed by atoms with E-state index in [9.17, 15) is 9.59 Å². The number of ether oxygens (including phenoxy) is 4. The lowest BCUT2D eigenvalue weighted by Crippen LogP contribution is -2.27. The third-order valence-electron chi connectivity index (χ3n) is 1.87. The molecule has 0 saturated carbocycles. The highest BCUT2D eigenvalue weighted by Crippen LogP contribution is 2.06. The Morgan fingerprint density at radius 2 is 1.89 bits per heavy atom. The summed E-state index contributed by atoms with van der Waals surface area (Å²) in [5, 5.41) is 16.5. The number of nitriles is 2. The summed E-state index contributed by atoms with van der Waals surface area (Å²) in [4.78, 5) is 22.6. The molecule has 0 rings (SSSR count). The Morgan fingerprint density at radius 3 is 2.47 bits per heavy atom. The highest BCUT2D eigenvalue weighted by atomic mass is 16.6. The molecule has 0 aliphatic rings. The highest BCUT2D eigenvalue weighted by molar-refractivity contribution is 5.76. The number of esters is 2. The SMILES string of the molecule is CCOC(=O)CCC(OC#N)C(=O)OCCOC#N. The molecule has 1 atom stereocenters. The fourth-order valence-electron chi connectivity index (χ4n) is 1.09. The summed E-state index contributed by atoms with van der Waals surface area (Å²) >= 11 is 0. The normalized spacial score (nSPS) is 10.5. The standard InChI is InChI=1S/C11H14N2O6/c1-2-17-10(14)4-3-9(19-8-13)11(15)18-6-5-16-7-12/h9H,2-6H2,1H3. The first-order chi connectivity index (χ1) is 9.15. The van der Waals surface area contributed by atoms with Gasteiger partial charge in [0.1, 0.15) is 13.2 Å². The van der Waals surface area contributed by atoms with Crippen LogP contribution in [0.3, 0.4) is 0 Å². The zero-order valence-corrected chi connectivity index (χ0v) is 10.5. The summed E-state index contributed by atoms with van der Waals surface area (Å²) in [6.45, 7) is 1.67. The average molecular weight is 270 g/mol. The Bertz CT molecular complexity index is 370. The first-order valence-corrected chi connectivity index (χ1v) is 5.53. The van der Waals surface area contributed by atoms with Crippen LogP contribution in [0.25, 0.3) is 0 Å². The van der Waals surface area contributed by atoms with Gasteiger partial charge in [-0.15, -0.1) is 0 Å². The van der Waals surface area contributed by atoms with Gasteiger partial charge in [0.25, 0.3) is 12.5 Å². The molecular formula is C11H14N2O6. The molecule has 8 nitrogen and oxygen atoms in total. The summed E-state index contributed by atoms with van der Waals surface area (Å²) in [5.41, 5.74) is 0. The van der Waals surface area contributed by atoms with E-state index in [0.29, 0.717) is 0 Å². The van der Waals surface area contributed by atoms with Crippen LogP contribution in [0.15, 0.2) is 0 Å². The monoisotopic (exact) mass is 270 g/mol. The maximum atomic E-state index is 11.5. The van der Waals surface area contributed by atoms with Crippen molar-refractivity contribution in [3.05, 3.63) is 0 Å². The first kappa shape index (κ1) is 16.5. The predicted octanol–water partition coefficient (Wildman–Crippen LogP) is 0.237. The van der Waals surface area contributed by atoms with Gasteiger partial charge in [-0.3, -0.25) is 4.79 Å². The van der Waals surface area contributed by atoms with E-state index in [2.05, 4.69) is 14.2 Å². The molecule has 0 bridgehead atoms. The van der Waals surface area contributed by atoms with Gasteiger partial charge in [0, 0.05) is 12.8 Å². The van der Waals surface area contributed by atoms with Crippen molar-refractivity contribution in [3.63, 3.8) is 0 Å². The van der Waals surface area contributed by atoms with E-state index in [1.54, 1.807) is 6.92 Å². The lowest BCUT2D eigenvalue weighted by atomic mass is 10.2. The number of carbonyl (C=O) groups is 2. The summed E-state index contributed by atoms with van der Waals surface area (Å²) in [6.07, 6.45) is 1.52.